The molecule has 8 heteroatoms. The molecule has 1 fully saturated rings. The molecule has 0 spiro atoms. The Labute approximate surface area is 185 Å². The first kappa shape index (κ1) is 21.9. The second-order valence-corrected chi connectivity index (χ2v) is 9.23. The molecule has 0 saturated carbocycles. The van der Waals surface area contributed by atoms with Gasteiger partial charge in [0, 0.05) is 18.0 Å². The lowest BCUT2D eigenvalue weighted by Crippen LogP contribution is -2.28. The molecule has 0 radical (unpaired) electrons. The number of allylic oxidation sites excluding steroid dienone is 2. The summed E-state index contributed by atoms with van der Waals surface area (Å²) in [6.07, 6.45) is 6.05. The lowest BCUT2D eigenvalue weighted by Gasteiger charge is -2.19. The van der Waals surface area contributed by atoms with E-state index in [9.17, 15) is 9.59 Å². The summed E-state index contributed by atoms with van der Waals surface area (Å²) < 4.78 is 5.68. The molecule has 29 heavy (non-hydrogen) atoms. The van der Waals surface area contributed by atoms with Gasteiger partial charge in [-0.1, -0.05) is 61.2 Å². The van der Waals surface area contributed by atoms with Gasteiger partial charge in [0.1, 0.15) is 4.32 Å². The monoisotopic (exact) mass is 448 g/mol. The van der Waals surface area contributed by atoms with Crippen molar-refractivity contribution in [3.8, 4) is 0 Å². The number of anilines is 1. The number of thiocarbonyl (C=S) groups is 1. The van der Waals surface area contributed by atoms with Crippen LogP contribution in [0.3, 0.4) is 0 Å². The highest BCUT2D eigenvalue weighted by molar-refractivity contribution is 8.26. The van der Waals surface area contributed by atoms with Crippen molar-refractivity contribution >= 4 is 57.6 Å². The topological polar surface area (TPSA) is 49.9 Å². The van der Waals surface area contributed by atoms with E-state index in [0.717, 1.165) is 28.5 Å². The summed E-state index contributed by atoms with van der Waals surface area (Å²) in [6, 6.07) is 8.08. The Kier molecular flexibility index (Phi) is 7.80. The second kappa shape index (κ2) is 10.3. The van der Waals surface area contributed by atoms with E-state index in [-0.39, 0.29) is 11.9 Å². The molecule has 1 saturated heterocycles. The van der Waals surface area contributed by atoms with E-state index in [2.05, 4.69) is 17.9 Å². The van der Waals surface area contributed by atoms with E-state index in [0.29, 0.717) is 35.3 Å². The largest absolute Gasteiger partial charge is 0.466 e. The molecule has 3 rings (SSSR count). The Morgan fingerprint density at radius 3 is 2.69 bits per heavy atom. The molecule has 2 aliphatic rings. The van der Waals surface area contributed by atoms with Gasteiger partial charge in [-0.3, -0.25) is 14.5 Å². The van der Waals surface area contributed by atoms with Crippen LogP contribution in [0.2, 0.25) is 0 Å². The van der Waals surface area contributed by atoms with Crippen molar-refractivity contribution in [1.29, 1.82) is 0 Å². The first-order valence-electron chi connectivity index (χ1n) is 9.70. The maximum absolute atomic E-state index is 12.7. The average Bonchev–Trinajstić information content (AvgIpc) is 3.20. The number of carbonyl (C=O) groups excluding carboxylic acids is 2. The Bertz CT molecular complexity index is 866. The molecule has 0 bridgehead atoms. The fraction of sp³-hybridized carbons (Fsp3) is 0.381. The lowest BCUT2D eigenvalue weighted by molar-refractivity contribution is -0.142. The first-order valence-corrected chi connectivity index (χ1v) is 11.7. The molecular weight excluding hydrogens is 424 g/mol. The highest BCUT2D eigenvalue weighted by Gasteiger charge is 2.31. The molecule has 0 aliphatic carbocycles. The van der Waals surface area contributed by atoms with Gasteiger partial charge in [0.2, 0.25) is 0 Å². The third-order valence-corrected chi connectivity index (χ3v) is 6.99. The van der Waals surface area contributed by atoms with Crippen LogP contribution < -0.4 is 4.90 Å². The zero-order valence-electron chi connectivity index (χ0n) is 16.6. The van der Waals surface area contributed by atoms with E-state index >= 15 is 0 Å². The van der Waals surface area contributed by atoms with Crippen LogP contribution in [0, 0.1) is 0 Å². The maximum Gasteiger partial charge on any atom is 0.307 e. The van der Waals surface area contributed by atoms with Gasteiger partial charge in [-0.15, -0.1) is 0 Å². The molecule has 154 valence electrons. The van der Waals surface area contributed by atoms with Crippen LogP contribution in [0.15, 0.2) is 51.2 Å². The first-order chi connectivity index (χ1) is 14.0. The standard InChI is InChI=1S/C21H24N2O3S3/c1-3-5-13-23-20(25)17(29-21(23)27)10-11-18-22(14-12-19(24)26-4-2)15-8-6-7-9-16(15)28-18/h6-11H,3-5,12-14H2,1-2H3/b17-10-,18-11-. The molecule has 2 aliphatic heterocycles. The SMILES string of the molecule is CCCCN1C(=O)/C(=C/C=C2\Sc3ccccc3N2CCC(=O)OCC)SC1=S. The predicted molar refractivity (Wildman–Crippen MR) is 124 cm³/mol. The van der Waals surface area contributed by atoms with Gasteiger partial charge in [-0.25, -0.2) is 0 Å². The fourth-order valence-corrected chi connectivity index (χ4v) is 5.35. The average molecular weight is 449 g/mol. The van der Waals surface area contributed by atoms with E-state index in [1.807, 2.05) is 30.4 Å². The van der Waals surface area contributed by atoms with Crippen molar-refractivity contribution in [1.82, 2.24) is 4.90 Å². The number of benzene rings is 1. The van der Waals surface area contributed by atoms with Crippen molar-refractivity contribution in [3.05, 3.63) is 46.4 Å². The molecule has 2 heterocycles. The van der Waals surface area contributed by atoms with Gasteiger partial charge < -0.3 is 9.64 Å². The number of hydrogen-bond acceptors (Lipinski definition) is 7. The quantitative estimate of drug-likeness (QED) is 0.317. The van der Waals surface area contributed by atoms with Crippen LogP contribution in [0.4, 0.5) is 5.69 Å². The van der Waals surface area contributed by atoms with Crippen molar-refractivity contribution in [2.75, 3.05) is 24.6 Å². The van der Waals surface area contributed by atoms with Gasteiger partial charge in [-0.2, -0.15) is 0 Å². The van der Waals surface area contributed by atoms with Gasteiger partial charge in [0.05, 0.1) is 28.6 Å². The second-order valence-electron chi connectivity index (χ2n) is 6.49. The van der Waals surface area contributed by atoms with Crippen LogP contribution in [0.1, 0.15) is 33.1 Å². The van der Waals surface area contributed by atoms with Crippen LogP contribution in [-0.2, 0) is 14.3 Å². The summed E-state index contributed by atoms with van der Waals surface area (Å²) in [6.45, 7) is 5.48. The summed E-state index contributed by atoms with van der Waals surface area (Å²) in [4.78, 5) is 30.0. The number of fused-ring (bicyclic) bond motifs is 1. The maximum atomic E-state index is 12.7. The molecule has 5 nitrogen and oxygen atoms in total. The zero-order chi connectivity index (χ0) is 20.8. The Hall–Kier alpha value is -1.77. The third kappa shape index (κ3) is 5.24. The summed E-state index contributed by atoms with van der Waals surface area (Å²) in [5.74, 6) is -0.234. The highest BCUT2D eigenvalue weighted by Crippen LogP contribution is 2.46. The molecule has 0 N–H and O–H groups in total. The summed E-state index contributed by atoms with van der Waals surface area (Å²) in [5, 5.41) is 0.981. The van der Waals surface area contributed by atoms with Gasteiger partial charge in [-0.05, 0) is 37.6 Å². The third-order valence-electron chi connectivity index (χ3n) is 4.47. The van der Waals surface area contributed by atoms with Crippen molar-refractivity contribution < 1.29 is 14.3 Å². The number of amides is 1. The van der Waals surface area contributed by atoms with Crippen LogP contribution >= 0.6 is 35.7 Å². The molecular formula is C21H24N2O3S3. The number of thioether (sulfide) groups is 2. The Morgan fingerprint density at radius 2 is 1.93 bits per heavy atom. The molecule has 0 unspecified atom stereocenters. The van der Waals surface area contributed by atoms with Gasteiger partial charge in [0.15, 0.2) is 0 Å². The predicted octanol–water partition coefficient (Wildman–Crippen LogP) is 4.94. The smallest absolute Gasteiger partial charge is 0.307 e. The summed E-state index contributed by atoms with van der Waals surface area (Å²) in [5.41, 5.74) is 1.07. The number of nitrogens with zero attached hydrogens (tertiary/aromatic N) is 2. The van der Waals surface area contributed by atoms with Crippen LogP contribution in [-0.4, -0.2) is 40.8 Å². The van der Waals surface area contributed by atoms with Gasteiger partial charge in [0.25, 0.3) is 5.91 Å². The van der Waals surface area contributed by atoms with E-state index in [1.54, 1.807) is 23.6 Å². The molecule has 1 aromatic rings. The number of ether oxygens (including phenoxy) is 1. The highest BCUT2D eigenvalue weighted by atomic mass is 32.2. The normalized spacial score (nSPS) is 18.8. The number of hydrogen-bond donors (Lipinski definition) is 0. The van der Waals surface area contributed by atoms with E-state index in [1.165, 1.54) is 11.8 Å². The number of unbranched alkanes of at least 4 members (excludes halogenated alkanes) is 1. The van der Waals surface area contributed by atoms with E-state index in [4.69, 9.17) is 17.0 Å². The minimum Gasteiger partial charge on any atom is -0.466 e. The van der Waals surface area contributed by atoms with Crippen LogP contribution in [0.25, 0.3) is 0 Å². The van der Waals surface area contributed by atoms with Crippen molar-refractivity contribution in [3.63, 3.8) is 0 Å². The van der Waals surface area contributed by atoms with Crippen LogP contribution in [0.5, 0.6) is 0 Å². The minimum absolute atomic E-state index is 0.0242. The molecule has 0 aromatic heterocycles. The zero-order valence-corrected chi connectivity index (χ0v) is 19.0. The number of esters is 1. The van der Waals surface area contributed by atoms with E-state index < -0.39 is 0 Å². The number of rotatable bonds is 8. The summed E-state index contributed by atoms with van der Waals surface area (Å²) in [7, 11) is 0. The molecule has 1 amide bonds. The Balaban J connectivity index is 1.78. The lowest BCUT2D eigenvalue weighted by atomic mass is 10.2. The summed E-state index contributed by atoms with van der Waals surface area (Å²) >= 11 is 8.35. The van der Waals surface area contributed by atoms with Gasteiger partial charge >= 0.3 is 5.97 Å². The van der Waals surface area contributed by atoms with Crippen molar-refractivity contribution in [2.45, 2.75) is 38.0 Å². The fourth-order valence-electron chi connectivity index (χ4n) is 3.01. The molecule has 1 aromatic carbocycles. The number of carbonyl (C=O) groups is 2. The molecule has 0 atom stereocenters. The number of para-hydroxylation sites is 1. The minimum atomic E-state index is -0.210. The Morgan fingerprint density at radius 1 is 1.14 bits per heavy atom. The van der Waals surface area contributed by atoms with Crippen molar-refractivity contribution in [2.24, 2.45) is 0 Å².